The number of nitrogens with one attached hydrogen (secondary N) is 1. The second-order valence-corrected chi connectivity index (χ2v) is 5.44. The predicted molar refractivity (Wildman–Crippen MR) is 55.4 cm³/mol. The van der Waals surface area contributed by atoms with Gasteiger partial charge in [-0.3, -0.25) is 0 Å². The van der Waals surface area contributed by atoms with E-state index in [0.717, 1.165) is 6.42 Å². The fourth-order valence-electron chi connectivity index (χ4n) is 1.43. The SMILES string of the molecule is CCCNS(=O)(=O)N1CC[C@H](O)[C@@H](O)C1. The Kier molecular flexibility index (Phi) is 4.47. The van der Waals surface area contributed by atoms with E-state index in [-0.39, 0.29) is 19.5 Å². The lowest BCUT2D eigenvalue weighted by Gasteiger charge is -2.32. The number of aliphatic hydroxyl groups is 2. The van der Waals surface area contributed by atoms with Crippen LogP contribution in [-0.2, 0) is 10.2 Å². The van der Waals surface area contributed by atoms with Gasteiger partial charge in [-0.05, 0) is 12.8 Å². The molecule has 0 aromatic carbocycles. The summed E-state index contributed by atoms with van der Waals surface area (Å²) in [6.45, 7) is 2.46. The van der Waals surface area contributed by atoms with Gasteiger partial charge in [0.25, 0.3) is 10.2 Å². The number of rotatable bonds is 4. The summed E-state index contributed by atoms with van der Waals surface area (Å²) >= 11 is 0. The minimum Gasteiger partial charge on any atom is -0.390 e. The first-order valence-corrected chi connectivity index (χ1v) is 6.52. The average Bonchev–Trinajstić information content (AvgIpc) is 2.19. The molecule has 0 aliphatic carbocycles. The van der Waals surface area contributed by atoms with Crippen LogP contribution in [0.15, 0.2) is 0 Å². The van der Waals surface area contributed by atoms with Gasteiger partial charge in [-0.25, -0.2) is 4.72 Å². The summed E-state index contributed by atoms with van der Waals surface area (Å²) in [5.74, 6) is 0. The molecule has 0 radical (unpaired) electrons. The van der Waals surface area contributed by atoms with Gasteiger partial charge in [0.15, 0.2) is 0 Å². The fraction of sp³-hybridized carbons (Fsp3) is 1.00. The van der Waals surface area contributed by atoms with Crippen molar-refractivity contribution in [2.45, 2.75) is 32.0 Å². The minimum atomic E-state index is -3.49. The zero-order valence-corrected chi connectivity index (χ0v) is 9.57. The molecule has 0 saturated carbocycles. The van der Waals surface area contributed by atoms with Crippen molar-refractivity contribution in [1.29, 1.82) is 0 Å². The molecular formula is C8H18N2O4S. The summed E-state index contributed by atoms with van der Waals surface area (Å²) in [7, 11) is -3.49. The molecule has 0 aromatic heterocycles. The van der Waals surface area contributed by atoms with E-state index in [9.17, 15) is 18.6 Å². The normalized spacial score (nSPS) is 29.3. The van der Waals surface area contributed by atoms with E-state index < -0.39 is 22.4 Å². The van der Waals surface area contributed by atoms with E-state index in [1.165, 1.54) is 4.31 Å². The van der Waals surface area contributed by atoms with E-state index in [1.807, 2.05) is 6.92 Å². The van der Waals surface area contributed by atoms with Crippen molar-refractivity contribution in [3.63, 3.8) is 0 Å². The Morgan fingerprint density at radius 3 is 2.60 bits per heavy atom. The van der Waals surface area contributed by atoms with Gasteiger partial charge in [-0.2, -0.15) is 12.7 Å². The zero-order valence-electron chi connectivity index (χ0n) is 8.76. The highest BCUT2D eigenvalue weighted by molar-refractivity contribution is 7.87. The van der Waals surface area contributed by atoms with Crippen LogP contribution in [0.25, 0.3) is 0 Å². The van der Waals surface area contributed by atoms with E-state index in [0.29, 0.717) is 6.54 Å². The third-order valence-electron chi connectivity index (χ3n) is 2.38. The summed E-state index contributed by atoms with van der Waals surface area (Å²) in [5.41, 5.74) is 0. The lowest BCUT2D eigenvalue weighted by Crippen LogP contribution is -2.52. The first-order chi connectivity index (χ1) is 6.97. The van der Waals surface area contributed by atoms with Gasteiger partial charge in [-0.1, -0.05) is 6.92 Å². The molecule has 7 heteroatoms. The molecule has 1 saturated heterocycles. The Hall–Kier alpha value is -0.210. The largest absolute Gasteiger partial charge is 0.390 e. The number of piperidine rings is 1. The van der Waals surface area contributed by atoms with Crippen molar-refractivity contribution in [1.82, 2.24) is 9.03 Å². The summed E-state index contributed by atoms with van der Waals surface area (Å²) in [4.78, 5) is 0. The molecule has 0 unspecified atom stereocenters. The molecule has 0 spiro atoms. The maximum atomic E-state index is 11.6. The molecular weight excluding hydrogens is 220 g/mol. The minimum absolute atomic E-state index is 0.0415. The van der Waals surface area contributed by atoms with Gasteiger partial charge in [-0.15, -0.1) is 0 Å². The molecule has 1 heterocycles. The van der Waals surface area contributed by atoms with Crippen molar-refractivity contribution in [3.8, 4) is 0 Å². The van der Waals surface area contributed by atoms with Crippen LogP contribution in [0, 0.1) is 0 Å². The molecule has 0 bridgehead atoms. The van der Waals surface area contributed by atoms with Crippen molar-refractivity contribution >= 4 is 10.2 Å². The van der Waals surface area contributed by atoms with Gasteiger partial charge < -0.3 is 10.2 Å². The second-order valence-electron chi connectivity index (χ2n) is 3.68. The highest BCUT2D eigenvalue weighted by atomic mass is 32.2. The van der Waals surface area contributed by atoms with Gasteiger partial charge in [0.1, 0.15) is 0 Å². The highest BCUT2D eigenvalue weighted by Gasteiger charge is 2.32. The summed E-state index contributed by atoms with van der Waals surface area (Å²) in [5, 5.41) is 18.6. The Labute approximate surface area is 90.1 Å². The van der Waals surface area contributed by atoms with E-state index in [1.54, 1.807) is 0 Å². The molecule has 15 heavy (non-hydrogen) atoms. The number of β-amino-alcohol motifs (C(OH)–C–C–N with tert-alkyl or cyclic N) is 1. The van der Waals surface area contributed by atoms with E-state index in [4.69, 9.17) is 0 Å². The fourth-order valence-corrected chi connectivity index (χ4v) is 2.77. The average molecular weight is 238 g/mol. The Morgan fingerprint density at radius 2 is 2.07 bits per heavy atom. The van der Waals surface area contributed by atoms with Crippen molar-refractivity contribution in [3.05, 3.63) is 0 Å². The maximum absolute atomic E-state index is 11.6. The molecule has 1 aliphatic rings. The molecule has 2 atom stereocenters. The summed E-state index contributed by atoms with van der Waals surface area (Å²) in [6, 6.07) is 0. The smallest absolute Gasteiger partial charge is 0.279 e. The first-order valence-electron chi connectivity index (χ1n) is 5.08. The second kappa shape index (κ2) is 5.22. The number of nitrogens with zero attached hydrogens (tertiary/aromatic N) is 1. The highest BCUT2D eigenvalue weighted by Crippen LogP contribution is 2.13. The quantitative estimate of drug-likeness (QED) is 0.565. The van der Waals surface area contributed by atoms with Crippen LogP contribution in [0.4, 0.5) is 0 Å². The zero-order chi connectivity index (χ0) is 11.5. The Bertz CT molecular complexity index is 293. The Balaban J connectivity index is 2.57. The van der Waals surface area contributed by atoms with Crippen molar-refractivity contribution < 1.29 is 18.6 Å². The molecule has 1 fully saturated rings. The van der Waals surface area contributed by atoms with E-state index >= 15 is 0 Å². The molecule has 0 aromatic rings. The van der Waals surface area contributed by atoms with Crippen LogP contribution >= 0.6 is 0 Å². The number of aliphatic hydroxyl groups excluding tert-OH is 2. The van der Waals surface area contributed by atoms with Crippen molar-refractivity contribution in [2.75, 3.05) is 19.6 Å². The van der Waals surface area contributed by atoms with Crippen LogP contribution in [0.2, 0.25) is 0 Å². The predicted octanol–water partition coefficient (Wildman–Crippen LogP) is -1.34. The van der Waals surface area contributed by atoms with Gasteiger partial charge >= 0.3 is 0 Å². The van der Waals surface area contributed by atoms with Crippen LogP contribution in [-0.4, -0.2) is 54.8 Å². The molecule has 1 rings (SSSR count). The maximum Gasteiger partial charge on any atom is 0.279 e. The lowest BCUT2D eigenvalue weighted by atomic mass is 10.1. The summed E-state index contributed by atoms with van der Waals surface area (Å²) < 4.78 is 26.8. The topological polar surface area (TPSA) is 89.9 Å². The number of hydrogen-bond acceptors (Lipinski definition) is 4. The van der Waals surface area contributed by atoms with Gasteiger partial charge in [0.05, 0.1) is 12.2 Å². The molecule has 3 N–H and O–H groups in total. The van der Waals surface area contributed by atoms with Crippen LogP contribution < -0.4 is 4.72 Å². The van der Waals surface area contributed by atoms with Gasteiger partial charge in [0.2, 0.25) is 0 Å². The molecule has 90 valence electrons. The molecule has 6 nitrogen and oxygen atoms in total. The van der Waals surface area contributed by atoms with Crippen LogP contribution in [0.1, 0.15) is 19.8 Å². The summed E-state index contributed by atoms with van der Waals surface area (Å²) in [6.07, 6.45) is -0.813. The first kappa shape index (κ1) is 12.9. The van der Waals surface area contributed by atoms with E-state index in [2.05, 4.69) is 4.72 Å². The van der Waals surface area contributed by atoms with Crippen LogP contribution in [0.3, 0.4) is 0 Å². The molecule has 1 aliphatic heterocycles. The van der Waals surface area contributed by atoms with Crippen LogP contribution in [0.5, 0.6) is 0 Å². The Morgan fingerprint density at radius 1 is 1.40 bits per heavy atom. The monoisotopic (exact) mass is 238 g/mol. The third kappa shape index (κ3) is 3.39. The third-order valence-corrected chi connectivity index (χ3v) is 3.96. The molecule has 0 amide bonds. The standard InChI is InChI=1S/C8H18N2O4S/c1-2-4-9-15(13,14)10-5-3-7(11)8(12)6-10/h7-9,11-12H,2-6H2,1H3/t7-,8-/m0/s1. The van der Waals surface area contributed by atoms with Crippen molar-refractivity contribution in [2.24, 2.45) is 0 Å². The lowest BCUT2D eigenvalue weighted by molar-refractivity contribution is -0.0194. The van der Waals surface area contributed by atoms with Gasteiger partial charge in [0, 0.05) is 19.6 Å². The number of hydrogen-bond donors (Lipinski definition) is 3.